The van der Waals surface area contributed by atoms with Gasteiger partial charge in [-0.1, -0.05) is 133 Å². The molecule has 56 heavy (non-hydrogen) atoms. The van der Waals surface area contributed by atoms with E-state index < -0.39 is 15.0 Å². The fourth-order valence-corrected chi connectivity index (χ4v) is 12.7. The van der Waals surface area contributed by atoms with Gasteiger partial charge in [0.05, 0.1) is 33.4 Å². The molecular weight excluding hydrogens is 730 g/mol. The Balaban J connectivity index is 1.03. The van der Waals surface area contributed by atoms with E-state index in [1.807, 2.05) is 216 Å². The summed E-state index contributed by atoms with van der Waals surface area (Å²) in [6.45, 7) is 0. The first-order valence-corrected chi connectivity index (χ1v) is 21.6. The van der Waals surface area contributed by atoms with Crippen LogP contribution in [0.25, 0.3) is 33.4 Å². The second-order valence-corrected chi connectivity index (χ2v) is 17.8. The number of anilines is 4. The standard InChI is InChI=1S/C48H34N2O4P2/c51-55(47-25-13-9-21-43(47)41-19-7-11-23-45(41)53-55)49(37-15-3-1-4-16-37)39-31-27-35(28-32-39)36-29-33-40(34-30-36)50(38-17-5-2-6-18-38)56(52)48-26-14-10-22-44(48)42-20-8-12-24-46(42)54-56/h1-34H. The van der Waals surface area contributed by atoms with Crippen molar-refractivity contribution in [2.75, 3.05) is 9.34 Å². The summed E-state index contributed by atoms with van der Waals surface area (Å²) in [7, 11) is -7.40. The number of benzene rings is 8. The molecule has 2 atom stereocenters. The van der Waals surface area contributed by atoms with E-state index in [2.05, 4.69) is 0 Å². The highest BCUT2D eigenvalue weighted by Gasteiger charge is 2.44. The van der Waals surface area contributed by atoms with Crippen LogP contribution in [0.3, 0.4) is 0 Å². The van der Waals surface area contributed by atoms with Gasteiger partial charge in [0.1, 0.15) is 11.5 Å². The van der Waals surface area contributed by atoms with Gasteiger partial charge in [0.15, 0.2) is 0 Å². The topological polar surface area (TPSA) is 59.1 Å². The minimum absolute atomic E-state index is 0.588. The predicted octanol–water partition coefficient (Wildman–Crippen LogP) is 12.8. The fourth-order valence-electron chi connectivity index (χ4n) is 7.73. The number of hydrogen-bond donors (Lipinski definition) is 0. The fraction of sp³-hybridized carbons (Fsp3) is 0. The van der Waals surface area contributed by atoms with Crippen molar-refractivity contribution in [1.29, 1.82) is 0 Å². The van der Waals surface area contributed by atoms with Crippen LogP contribution in [-0.2, 0) is 9.13 Å². The van der Waals surface area contributed by atoms with Crippen LogP contribution >= 0.6 is 15.0 Å². The van der Waals surface area contributed by atoms with E-state index in [1.165, 1.54) is 0 Å². The molecule has 0 N–H and O–H groups in total. The van der Waals surface area contributed by atoms with E-state index in [9.17, 15) is 0 Å². The first kappa shape index (κ1) is 33.9. The molecule has 0 spiro atoms. The third-order valence-corrected chi connectivity index (χ3v) is 15.2. The second-order valence-electron chi connectivity index (χ2n) is 13.6. The minimum Gasteiger partial charge on any atom is -0.425 e. The smallest absolute Gasteiger partial charge is 0.379 e. The molecule has 0 radical (unpaired) electrons. The summed E-state index contributed by atoms with van der Waals surface area (Å²) in [6.07, 6.45) is 0. The summed E-state index contributed by atoms with van der Waals surface area (Å²) in [5.41, 5.74) is 8.54. The average Bonchev–Trinajstić information content (AvgIpc) is 3.25. The zero-order valence-corrected chi connectivity index (χ0v) is 31.8. The van der Waals surface area contributed by atoms with Crippen LogP contribution in [0.5, 0.6) is 11.5 Å². The van der Waals surface area contributed by atoms with Crippen LogP contribution in [0, 0.1) is 0 Å². The molecule has 270 valence electrons. The van der Waals surface area contributed by atoms with Gasteiger partial charge >= 0.3 is 15.0 Å². The molecule has 8 aromatic carbocycles. The highest BCUT2D eigenvalue weighted by molar-refractivity contribution is 7.70. The van der Waals surface area contributed by atoms with E-state index >= 15 is 9.13 Å². The molecule has 0 aliphatic carbocycles. The number of rotatable bonds is 7. The zero-order valence-electron chi connectivity index (χ0n) is 30.1. The van der Waals surface area contributed by atoms with Gasteiger partial charge in [-0.2, -0.15) is 0 Å². The lowest BCUT2D eigenvalue weighted by atomic mass is 10.0. The van der Waals surface area contributed by atoms with Crippen LogP contribution < -0.4 is 29.0 Å². The summed E-state index contributed by atoms with van der Waals surface area (Å²) < 4.78 is 47.7. The lowest BCUT2D eigenvalue weighted by Gasteiger charge is -2.37. The summed E-state index contributed by atoms with van der Waals surface area (Å²) >= 11 is 0. The van der Waals surface area contributed by atoms with Crippen molar-refractivity contribution in [2.45, 2.75) is 0 Å². The summed E-state index contributed by atoms with van der Waals surface area (Å²) in [5.74, 6) is 1.18. The lowest BCUT2D eigenvalue weighted by molar-refractivity contribution is 0.490. The maximum Gasteiger partial charge on any atom is 0.379 e. The lowest BCUT2D eigenvalue weighted by Crippen LogP contribution is -2.29. The highest BCUT2D eigenvalue weighted by atomic mass is 31.2. The normalized spacial score (nSPS) is 17.5. The van der Waals surface area contributed by atoms with Crippen molar-refractivity contribution in [3.63, 3.8) is 0 Å². The molecule has 0 saturated carbocycles. The Labute approximate surface area is 325 Å². The quantitative estimate of drug-likeness (QED) is 0.151. The van der Waals surface area contributed by atoms with Gasteiger partial charge in [0, 0.05) is 22.3 Å². The third-order valence-electron chi connectivity index (χ3n) is 10.3. The molecule has 0 bridgehead atoms. The van der Waals surface area contributed by atoms with Crippen LogP contribution in [-0.4, -0.2) is 0 Å². The van der Waals surface area contributed by atoms with E-state index in [4.69, 9.17) is 9.05 Å². The molecule has 10 rings (SSSR count). The van der Waals surface area contributed by atoms with Crippen molar-refractivity contribution in [3.05, 3.63) is 206 Å². The van der Waals surface area contributed by atoms with Crippen molar-refractivity contribution >= 4 is 48.4 Å². The molecule has 0 aromatic heterocycles. The monoisotopic (exact) mass is 764 g/mol. The molecule has 2 heterocycles. The first-order valence-electron chi connectivity index (χ1n) is 18.4. The largest absolute Gasteiger partial charge is 0.425 e. The Bertz CT molecular complexity index is 2630. The van der Waals surface area contributed by atoms with Gasteiger partial charge in [0.2, 0.25) is 0 Å². The van der Waals surface area contributed by atoms with Crippen molar-refractivity contribution in [1.82, 2.24) is 0 Å². The Morgan fingerprint density at radius 1 is 0.304 bits per heavy atom. The predicted molar refractivity (Wildman–Crippen MR) is 229 cm³/mol. The number of para-hydroxylation sites is 4. The molecule has 8 aromatic rings. The molecule has 8 heteroatoms. The van der Waals surface area contributed by atoms with Crippen molar-refractivity contribution < 1.29 is 18.2 Å². The van der Waals surface area contributed by atoms with Crippen LogP contribution in [0.4, 0.5) is 22.7 Å². The Hall–Kier alpha value is -6.58. The van der Waals surface area contributed by atoms with Gasteiger partial charge in [-0.3, -0.25) is 9.34 Å². The molecule has 2 unspecified atom stereocenters. The summed E-state index contributed by atoms with van der Waals surface area (Å²) in [4.78, 5) is 0. The maximum atomic E-state index is 15.5. The Kier molecular flexibility index (Phi) is 8.26. The first-order chi connectivity index (χ1) is 27.5. The average molecular weight is 765 g/mol. The van der Waals surface area contributed by atoms with Gasteiger partial charge in [-0.15, -0.1) is 0 Å². The van der Waals surface area contributed by atoms with E-state index in [0.29, 0.717) is 22.1 Å². The maximum absolute atomic E-state index is 15.5. The molecule has 0 saturated heterocycles. The number of nitrogens with zero attached hydrogens (tertiary/aromatic N) is 2. The molecule has 2 aliphatic rings. The second kappa shape index (κ2) is 13.6. The summed E-state index contributed by atoms with van der Waals surface area (Å²) in [5, 5.41) is 1.30. The van der Waals surface area contributed by atoms with Gasteiger partial charge in [-0.25, -0.2) is 9.13 Å². The number of hydrogen-bond acceptors (Lipinski definition) is 4. The minimum atomic E-state index is -3.70. The highest BCUT2D eigenvalue weighted by Crippen LogP contribution is 2.62. The molecular formula is C48H34N2O4P2. The van der Waals surface area contributed by atoms with Crippen molar-refractivity contribution in [2.24, 2.45) is 0 Å². The van der Waals surface area contributed by atoms with Crippen LogP contribution in [0.1, 0.15) is 0 Å². The SMILES string of the molecule is O=P1(N(c2ccccc2)c2ccc(-c3ccc(N(c4ccccc4)P4(=O)Oc5ccccc5-c5ccccc54)cc3)cc2)Oc2ccccc2-c2ccccc21. The van der Waals surface area contributed by atoms with E-state index in [0.717, 1.165) is 56.1 Å². The third kappa shape index (κ3) is 5.57. The Morgan fingerprint density at radius 2 is 0.607 bits per heavy atom. The number of fused-ring (bicyclic) bond motifs is 6. The van der Waals surface area contributed by atoms with Crippen molar-refractivity contribution in [3.8, 4) is 44.9 Å². The van der Waals surface area contributed by atoms with Gasteiger partial charge in [0.25, 0.3) is 0 Å². The van der Waals surface area contributed by atoms with Crippen LogP contribution in [0.15, 0.2) is 206 Å². The van der Waals surface area contributed by atoms with Crippen LogP contribution in [0.2, 0.25) is 0 Å². The van der Waals surface area contributed by atoms with E-state index in [-0.39, 0.29) is 0 Å². The summed E-state index contributed by atoms with van der Waals surface area (Å²) in [6, 6.07) is 66.6. The molecule has 0 fully saturated rings. The Morgan fingerprint density at radius 3 is 1.00 bits per heavy atom. The zero-order chi connectivity index (χ0) is 37.7. The molecule has 2 aliphatic heterocycles. The molecule has 0 amide bonds. The molecule has 6 nitrogen and oxygen atoms in total. The van der Waals surface area contributed by atoms with E-state index in [1.54, 1.807) is 0 Å². The van der Waals surface area contributed by atoms with Gasteiger partial charge < -0.3 is 9.05 Å². The van der Waals surface area contributed by atoms with Gasteiger partial charge in [-0.05, 0) is 83.9 Å².